The molecule has 3 rings (SSSR count). The van der Waals surface area contributed by atoms with E-state index in [2.05, 4.69) is 5.32 Å². The van der Waals surface area contributed by atoms with Gasteiger partial charge in [0.25, 0.3) is 0 Å². The smallest absolute Gasteiger partial charge is 0.234 e. The molecule has 4 heteroatoms. The third kappa shape index (κ3) is 5.50. The van der Waals surface area contributed by atoms with Gasteiger partial charge in [-0.05, 0) is 35.9 Å². The summed E-state index contributed by atoms with van der Waals surface area (Å²) in [4.78, 5) is 14.5. The van der Waals surface area contributed by atoms with Crippen molar-refractivity contribution in [3.8, 4) is 0 Å². The van der Waals surface area contributed by atoms with Crippen LogP contribution in [0.25, 0.3) is 0 Å². The van der Waals surface area contributed by atoms with Crippen molar-refractivity contribution in [2.75, 3.05) is 13.6 Å². The van der Waals surface area contributed by atoms with Gasteiger partial charge in [-0.15, -0.1) is 0 Å². The number of rotatable bonds is 7. The third-order valence-electron chi connectivity index (χ3n) is 4.33. The van der Waals surface area contributed by atoms with Gasteiger partial charge in [0.2, 0.25) is 5.91 Å². The molecule has 3 aromatic rings. The predicted molar refractivity (Wildman–Crippen MR) is 106 cm³/mol. The Morgan fingerprint density at radius 1 is 0.926 bits per heavy atom. The summed E-state index contributed by atoms with van der Waals surface area (Å²) in [5.41, 5.74) is 2.91. The molecule has 0 saturated carbocycles. The average Bonchev–Trinajstić information content (AvgIpc) is 2.67. The van der Waals surface area contributed by atoms with E-state index < -0.39 is 0 Å². The number of amides is 1. The molecule has 1 amide bonds. The average molecular weight is 362 g/mol. The predicted octanol–water partition coefficient (Wildman–Crippen LogP) is 4.16. The fourth-order valence-electron chi connectivity index (χ4n) is 3.10. The summed E-state index contributed by atoms with van der Waals surface area (Å²) < 4.78 is 13.3. The molecule has 3 nitrogen and oxygen atoms in total. The highest BCUT2D eigenvalue weighted by Gasteiger charge is 2.17. The van der Waals surface area contributed by atoms with Crippen LogP contribution >= 0.6 is 0 Å². The molecule has 27 heavy (non-hydrogen) atoms. The molecule has 0 heterocycles. The van der Waals surface area contributed by atoms with Gasteiger partial charge in [-0.1, -0.05) is 72.8 Å². The topological polar surface area (TPSA) is 32.3 Å². The van der Waals surface area contributed by atoms with Crippen LogP contribution < -0.4 is 5.32 Å². The van der Waals surface area contributed by atoms with Gasteiger partial charge in [-0.3, -0.25) is 9.69 Å². The molecular weight excluding hydrogens is 339 g/mol. The number of benzene rings is 3. The van der Waals surface area contributed by atoms with E-state index in [1.54, 1.807) is 6.07 Å². The maximum Gasteiger partial charge on any atom is 0.234 e. The fraction of sp³-hybridized carbons (Fsp3) is 0.174. The molecule has 0 fully saturated rings. The second-order valence-corrected chi connectivity index (χ2v) is 6.62. The molecule has 0 saturated heterocycles. The molecule has 0 bridgehead atoms. The molecular formula is C23H23FN2O. The minimum absolute atomic E-state index is 0.0772. The highest BCUT2D eigenvalue weighted by Crippen LogP contribution is 2.21. The van der Waals surface area contributed by atoms with Crippen LogP contribution in [0, 0.1) is 5.82 Å². The zero-order valence-corrected chi connectivity index (χ0v) is 15.3. The van der Waals surface area contributed by atoms with Gasteiger partial charge < -0.3 is 5.32 Å². The van der Waals surface area contributed by atoms with Crippen LogP contribution in [0.3, 0.4) is 0 Å². The first kappa shape index (κ1) is 18.8. The SMILES string of the molecule is CN(CC(=O)NC(c1ccccc1)c1ccccc1)Cc1cccc(F)c1. The maximum absolute atomic E-state index is 13.3. The van der Waals surface area contributed by atoms with Crippen LogP contribution in [0.1, 0.15) is 22.7 Å². The molecule has 0 atom stereocenters. The monoisotopic (exact) mass is 362 g/mol. The minimum Gasteiger partial charge on any atom is -0.344 e. The lowest BCUT2D eigenvalue weighted by Gasteiger charge is -2.22. The van der Waals surface area contributed by atoms with E-state index in [0.29, 0.717) is 6.54 Å². The normalized spacial score (nSPS) is 11.0. The minimum atomic E-state index is -0.265. The van der Waals surface area contributed by atoms with Crippen LogP contribution in [-0.2, 0) is 11.3 Å². The molecule has 1 N–H and O–H groups in total. The summed E-state index contributed by atoms with van der Waals surface area (Å²) in [6.07, 6.45) is 0. The third-order valence-corrected chi connectivity index (χ3v) is 4.33. The quantitative estimate of drug-likeness (QED) is 0.684. The van der Waals surface area contributed by atoms with Gasteiger partial charge in [-0.25, -0.2) is 4.39 Å². The van der Waals surface area contributed by atoms with Crippen LogP contribution in [0.2, 0.25) is 0 Å². The second kappa shape index (κ2) is 9.10. The summed E-state index contributed by atoms with van der Waals surface area (Å²) in [7, 11) is 1.85. The molecule has 0 unspecified atom stereocenters. The molecule has 0 radical (unpaired) electrons. The number of likely N-dealkylation sites (N-methyl/N-ethyl adjacent to an activating group) is 1. The Morgan fingerprint density at radius 3 is 2.07 bits per heavy atom. The zero-order chi connectivity index (χ0) is 19.1. The number of carbonyl (C=O) groups excluding carboxylic acids is 1. The lowest BCUT2D eigenvalue weighted by molar-refractivity contribution is -0.122. The van der Waals surface area contributed by atoms with E-state index in [1.807, 2.05) is 78.7 Å². The van der Waals surface area contributed by atoms with E-state index in [1.165, 1.54) is 12.1 Å². The highest BCUT2D eigenvalue weighted by molar-refractivity contribution is 5.79. The van der Waals surface area contributed by atoms with Crippen molar-refractivity contribution in [2.45, 2.75) is 12.6 Å². The van der Waals surface area contributed by atoms with Gasteiger partial charge in [-0.2, -0.15) is 0 Å². The summed E-state index contributed by atoms with van der Waals surface area (Å²) in [6.45, 7) is 0.735. The Kier molecular flexibility index (Phi) is 6.34. The van der Waals surface area contributed by atoms with E-state index in [9.17, 15) is 9.18 Å². The Balaban J connectivity index is 1.67. The van der Waals surface area contributed by atoms with Crippen molar-refractivity contribution >= 4 is 5.91 Å². The Morgan fingerprint density at radius 2 is 1.52 bits per heavy atom. The van der Waals surface area contributed by atoms with E-state index in [4.69, 9.17) is 0 Å². The Labute approximate surface area is 159 Å². The summed E-state index contributed by atoms with van der Waals surface area (Å²) in [5.74, 6) is -0.342. The maximum atomic E-state index is 13.3. The zero-order valence-electron chi connectivity index (χ0n) is 15.3. The molecule has 138 valence electrons. The summed E-state index contributed by atoms with van der Waals surface area (Å²) >= 11 is 0. The van der Waals surface area contributed by atoms with Crippen LogP contribution in [-0.4, -0.2) is 24.4 Å². The van der Waals surface area contributed by atoms with Crippen molar-refractivity contribution in [3.63, 3.8) is 0 Å². The summed E-state index contributed by atoms with van der Waals surface area (Å²) in [5, 5.41) is 3.12. The molecule has 0 aliphatic rings. The molecule has 0 aromatic heterocycles. The molecule has 0 aliphatic carbocycles. The van der Waals surface area contributed by atoms with Gasteiger partial charge in [0.1, 0.15) is 5.82 Å². The number of halogens is 1. The van der Waals surface area contributed by atoms with E-state index in [-0.39, 0.29) is 24.3 Å². The largest absolute Gasteiger partial charge is 0.344 e. The lowest BCUT2D eigenvalue weighted by Crippen LogP contribution is -2.37. The van der Waals surface area contributed by atoms with Gasteiger partial charge in [0.15, 0.2) is 0 Å². The Bertz CT molecular complexity index is 828. The number of nitrogens with one attached hydrogen (secondary N) is 1. The van der Waals surface area contributed by atoms with E-state index in [0.717, 1.165) is 16.7 Å². The van der Waals surface area contributed by atoms with Gasteiger partial charge in [0.05, 0.1) is 12.6 Å². The van der Waals surface area contributed by atoms with Crippen molar-refractivity contribution in [1.29, 1.82) is 0 Å². The molecule has 0 aliphatic heterocycles. The van der Waals surface area contributed by atoms with Crippen molar-refractivity contribution in [3.05, 3.63) is 107 Å². The lowest BCUT2D eigenvalue weighted by atomic mass is 9.99. The first-order valence-corrected chi connectivity index (χ1v) is 8.94. The number of hydrogen-bond acceptors (Lipinski definition) is 2. The number of carbonyl (C=O) groups is 1. The molecule has 0 spiro atoms. The van der Waals surface area contributed by atoms with Gasteiger partial charge in [0, 0.05) is 6.54 Å². The highest BCUT2D eigenvalue weighted by atomic mass is 19.1. The van der Waals surface area contributed by atoms with Crippen molar-refractivity contribution in [2.24, 2.45) is 0 Å². The van der Waals surface area contributed by atoms with E-state index >= 15 is 0 Å². The van der Waals surface area contributed by atoms with Crippen molar-refractivity contribution in [1.82, 2.24) is 10.2 Å². The standard InChI is InChI=1S/C23H23FN2O/c1-26(16-18-9-8-14-21(24)15-18)17-22(27)25-23(19-10-4-2-5-11-19)20-12-6-3-7-13-20/h2-15,23H,16-17H2,1H3,(H,25,27). The first-order valence-electron chi connectivity index (χ1n) is 8.94. The van der Waals surface area contributed by atoms with Gasteiger partial charge >= 0.3 is 0 Å². The van der Waals surface area contributed by atoms with Crippen LogP contribution in [0.15, 0.2) is 84.9 Å². The number of nitrogens with zero attached hydrogens (tertiary/aromatic N) is 1. The van der Waals surface area contributed by atoms with Crippen LogP contribution in [0.4, 0.5) is 4.39 Å². The van der Waals surface area contributed by atoms with Crippen molar-refractivity contribution < 1.29 is 9.18 Å². The second-order valence-electron chi connectivity index (χ2n) is 6.62. The molecule has 3 aromatic carbocycles. The summed E-state index contributed by atoms with van der Waals surface area (Å²) in [6, 6.07) is 26.1. The fourth-order valence-corrected chi connectivity index (χ4v) is 3.10. The Hall–Kier alpha value is -2.98. The van der Waals surface area contributed by atoms with Crippen LogP contribution in [0.5, 0.6) is 0 Å². The first-order chi connectivity index (χ1) is 13.1. The number of hydrogen-bond donors (Lipinski definition) is 1.